The van der Waals surface area contributed by atoms with E-state index in [2.05, 4.69) is 16.9 Å². The Kier molecular flexibility index (Phi) is 5.33. The van der Waals surface area contributed by atoms with Crippen molar-refractivity contribution < 1.29 is 9.53 Å². The molecular weight excluding hydrogens is 314 g/mol. The van der Waals surface area contributed by atoms with Crippen LogP contribution in [-0.4, -0.2) is 46.1 Å². The van der Waals surface area contributed by atoms with Crippen LogP contribution in [0.2, 0.25) is 0 Å². The molecule has 134 valence electrons. The van der Waals surface area contributed by atoms with Crippen LogP contribution in [0, 0.1) is 5.92 Å². The summed E-state index contributed by atoms with van der Waals surface area (Å²) in [6.07, 6.45) is 4.20. The fourth-order valence-electron chi connectivity index (χ4n) is 3.50. The maximum absolute atomic E-state index is 12.8. The Labute approximate surface area is 149 Å². The molecule has 1 saturated heterocycles. The van der Waals surface area contributed by atoms with E-state index in [1.165, 1.54) is 0 Å². The zero-order valence-electron chi connectivity index (χ0n) is 15.4. The molecule has 0 saturated carbocycles. The van der Waals surface area contributed by atoms with Gasteiger partial charge in [0.2, 0.25) is 5.91 Å². The summed E-state index contributed by atoms with van der Waals surface area (Å²) in [7, 11) is 0. The number of carbonyl (C=O) groups excluding carboxylic acids is 1. The molecular formula is C20H27N3O2. The summed E-state index contributed by atoms with van der Waals surface area (Å²) in [4.78, 5) is 23.8. The second-order valence-electron chi connectivity index (χ2n) is 7.16. The van der Waals surface area contributed by atoms with Crippen LogP contribution in [0.5, 0.6) is 0 Å². The van der Waals surface area contributed by atoms with E-state index in [4.69, 9.17) is 4.74 Å². The molecule has 5 heteroatoms. The first-order valence-electron chi connectivity index (χ1n) is 9.14. The largest absolute Gasteiger partial charge is 0.375 e. The lowest BCUT2D eigenvalue weighted by Crippen LogP contribution is -2.48. The Morgan fingerprint density at radius 2 is 1.96 bits per heavy atom. The molecule has 0 bridgehead atoms. The second-order valence-corrected chi connectivity index (χ2v) is 7.16. The summed E-state index contributed by atoms with van der Waals surface area (Å²) in [5.41, 5.74) is 2.55. The average Bonchev–Trinajstić information content (AvgIpc) is 2.61. The predicted octanol–water partition coefficient (Wildman–Crippen LogP) is 3.23. The van der Waals surface area contributed by atoms with E-state index < -0.39 is 0 Å². The van der Waals surface area contributed by atoms with E-state index in [9.17, 15) is 4.79 Å². The molecule has 1 aliphatic rings. The van der Waals surface area contributed by atoms with Gasteiger partial charge in [0, 0.05) is 38.2 Å². The van der Waals surface area contributed by atoms with Gasteiger partial charge in [0.1, 0.15) is 0 Å². The van der Waals surface area contributed by atoms with E-state index in [1.54, 1.807) is 6.20 Å². The number of para-hydroxylation sites is 2. The number of rotatable bonds is 5. The van der Waals surface area contributed by atoms with Gasteiger partial charge in [-0.25, -0.2) is 4.98 Å². The number of piperidine rings is 1. The predicted molar refractivity (Wildman–Crippen MR) is 98.3 cm³/mol. The number of nitrogens with zero attached hydrogens (tertiary/aromatic N) is 3. The van der Waals surface area contributed by atoms with E-state index >= 15 is 0 Å². The minimum absolute atomic E-state index is 0.0847. The van der Waals surface area contributed by atoms with Gasteiger partial charge in [-0.3, -0.25) is 9.78 Å². The third-order valence-electron chi connectivity index (χ3n) is 5.06. The quantitative estimate of drug-likeness (QED) is 0.838. The van der Waals surface area contributed by atoms with E-state index in [1.807, 2.05) is 43.0 Å². The Balaban J connectivity index is 1.60. The first kappa shape index (κ1) is 17.8. The van der Waals surface area contributed by atoms with Gasteiger partial charge in [-0.2, -0.15) is 0 Å². The lowest BCUT2D eigenvalue weighted by molar-refractivity contribution is -0.140. The molecule has 0 aliphatic carbocycles. The topological polar surface area (TPSA) is 55.3 Å². The molecule has 3 rings (SSSR count). The van der Waals surface area contributed by atoms with Crippen molar-refractivity contribution in [3.8, 4) is 0 Å². The third kappa shape index (κ3) is 4.15. The van der Waals surface area contributed by atoms with Crippen molar-refractivity contribution in [2.45, 2.75) is 45.6 Å². The van der Waals surface area contributed by atoms with Gasteiger partial charge in [-0.05, 0) is 38.8 Å². The Bertz CT molecular complexity index is 739. The number of ether oxygens (including phenoxy) is 1. The molecule has 2 heterocycles. The van der Waals surface area contributed by atoms with Crippen molar-refractivity contribution in [2.24, 2.45) is 5.92 Å². The van der Waals surface area contributed by atoms with E-state index in [0.717, 1.165) is 49.3 Å². The zero-order chi connectivity index (χ0) is 17.9. The van der Waals surface area contributed by atoms with Gasteiger partial charge < -0.3 is 9.64 Å². The Morgan fingerprint density at radius 3 is 2.64 bits per heavy atom. The fraction of sp³-hybridized carbons (Fsp3) is 0.550. The molecule has 0 N–H and O–H groups in total. The molecule has 25 heavy (non-hydrogen) atoms. The van der Waals surface area contributed by atoms with Crippen LogP contribution in [0.15, 0.2) is 30.5 Å². The molecule has 1 amide bonds. The maximum Gasteiger partial charge on any atom is 0.225 e. The highest BCUT2D eigenvalue weighted by Gasteiger charge is 2.33. The van der Waals surface area contributed by atoms with Crippen molar-refractivity contribution in [3.63, 3.8) is 0 Å². The molecule has 0 radical (unpaired) electrons. The first-order valence-corrected chi connectivity index (χ1v) is 9.14. The van der Waals surface area contributed by atoms with E-state index in [0.29, 0.717) is 6.42 Å². The number of carbonyl (C=O) groups is 1. The van der Waals surface area contributed by atoms with Gasteiger partial charge >= 0.3 is 0 Å². The van der Waals surface area contributed by atoms with Crippen LogP contribution in [0.3, 0.4) is 0 Å². The molecule has 0 spiro atoms. The lowest BCUT2D eigenvalue weighted by atomic mass is 9.92. The van der Waals surface area contributed by atoms with Crippen molar-refractivity contribution >= 4 is 16.9 Å². The summed E-state index contributed by atoms with van der Waals surface area (Å²) in [5.74, 6) is 0.111. The highest BCUT2D eigenvalue weighted by atomic mass is 16.5. The van der Waals surface area contributed by atoms with Gasteiger partial charge in [0.25, 0.3) is 0 Å². The second kappa shape index (κ2) is 7.48. The average molecular weight is 341 g/mol. The number of amides is 1. The van der Waals surface area contributed by atoms with Crippen LogP contribution >= 0.6 is 0 Å². The van der Waals surface area contributed by atoms with Crippen LogP contribution in [0.1, 0.15) is 39.3 Å². The molecule has 1 aromatic carbocycles. The summed E-state index contributed by atoms with van der Waals surface area (Å²) in [6.45, 7) is 8.41. The number of aromatic nitrogens is 2. The smallest absolute Gasteiger partial charge is 0.225 e. The van der Waals surface area contributed by atoms with Crippen LogP contribution in [0.4, 0.5) is 0 Å². The Morgan fingerprint density at radius 1 is 1.28 bits per heavy atom. The molecule has 2 aromatic rings. The minimum atomic E-state index is -0.0908. The molecule has 5 nitrogen and oxygen atoms in total. The third-order valence-corrected chi connectivity index (χ3v) is 5.06. The maximum atomic E-state index is 12.8. The Hall–Kier alpha value is -2.01. The zero-order valence-corrected chi connectivity index (χ0v) is 15.4. The molecule has 1 aliphatic heterocycles. The number of fused-ring (bicyclic) bond motifs is 1. The van der Waals surface area contributed by atoms with Crippen molar-refractivity contribution in [2.75, 3.05) is 19.7 Å². The number of benzene rings is 1. The summed E-state index contributed by atoms with van der Waals surface area (Å²) in [6, 6.07) is 7.81. The normalized spacial score (nSPS) is 18.3. The van der Waals surface area contributed by atoms with Crippen molar-refractivity contribution in [1.29, 1.82) is 0 Å². The van der Waals surface area contributed by atoms with Crippen molar-refractivity contribution in [3.05, 3.63) is 36.2 Å². The number of likely N-dealkylation sites (tertiary alicyclic amines) is 1. The highest BCUT2D eigenvalue weighted by Crippen LogP contribution is 2.27. The van der Waals surface area contributed by atoms with Gasteiger partial charge in [-0.1, -0.05) is 19.1 Å². The van der Waals surface area contributed by atoms with Crippen LogP contribution < -0.4 is 0 Å². The van der Waals surface area contributed by atoms with Gasteiger partial charge in [0.15, 0.2) is 0 Å². The summed E-state index contributed by atoms with van der Waals surface area (Å²) < 4.78 is 5.84. The van der Waals surface area contributed by atoms with Gasteiger partial charge in [-0.15, -0.1) is 0 Å². The lowest BCUT2D eigenvalue weighted by Gasteiger charge is -2.40. The minimum Gasteiger partial charge on any atom is -0.375 e. The van der Waals surface area contributed by atoms with Crippen molar-refractivity contribution in [1.82, 2.24) is 14.9 Å². The molecule has 1 atom stereocenters. The first-order chi connectivity index (χ1) is 12.0. The summed E-state index contributed by atoms with van der Waals surface area (Å²) in [5, 5.41) is 0. The fourth-order valence-corrected chi connectivity index (χ4v) is 3.50. The standard InChI is InChI=1S/C20H27N3O2/c1-4-25-20(3)9-11-23(12-10-20)19(24)15(2)13-16-14-21-17-7-5-6-8-18(17)22-16/h5-8,14-15H,4,9-13H2,1-3H3/t15-/m0/s1. The van der Waals surface area contributed by atoms with E-state index in [-0.39, 0.29) is 17.4 Å². The molecule has 1 aromatic heterocycles. The SMILES string of the molecule is CCOC1(C)CCN(C(=O)[C@@H](C)Cc2cnc3ccccc3n2)CC1. The molecule has 1 fully saturated rings. The summed E-state index contributed by atoms with van der Waals surface area (Å²) >= 11 is 0. The highest BCUT2D eigenvalue weighted by molar-refractivity contribution is 5.79. The van der Waals surface area contributed by atoms with Crippen LogP contribution in [0.25, 0.3) is 11.0 Å². The molecule has 0 unspecified atom stereocenters. The van der Waals surface area contributed by atoms with Gasteiger partial charge in [0.05, 0.1) is 22.3 Å². The monoisotopic (exact) mass is 341 g/mol. The van der Waals surface area contributed by atoms with Crippen LogP contribution in [-0.2, 0) is 16.0 Å². The number of hydrogen-bond acceptors (Lipinski definition) is 4. The number of hydrogen-bond donors (Lipinski definition) is 0.